The summed E-state index contributed by atoms with van der Waals surface area (Å²) in [5, 5.41) is 6.54. The van der Waals surface area contributed by atoms with Crippen molar-refractivity contribution in [2.45, 2.75) is 12.3 Å². The summed E-state index contributed by atoms with van der Waals surface area (Å²) in [6.07, 6.45) is 3.11. The summed E-state index contributed by atoms with van der Waals surface area (Å²) < 4.78 is 14.8. The molecule has 7 heteroatoms. The summed E-state index contributed by atoms with van der Waals surface area (Å²) >= 11 is 0. The Kier molecular flexibility index (Phi) is 4.72. The van der Waals surface area contributed by atoms with E-state index in [4.69, 9.17) is 0 Å². The number of pyridine rings is 1. The summed E-state index contributed by atoms with van der Waals surface area (Å²) in [7, 11) is 1.66. The van der Waals surface area contributed by atoms with Gasteiger partial charge in [0.05, 0.1) is 0 Å². The molecule has 0 spiro atoms. The first-order chi connectivity index (χ1) is 13.9. The number of halogens is 1. The van der Waals surface area contributed by atoms with Gasteiger partial charge < -0.3 is 15.2 Å². The number of hydrogen-bond acceptors (Lipinski definition) is 3. The zero-order valence-electron chi connectivity index (χ0n) is 15.6. The second-order valence-corrected chi connectivity index (χ2v) is 6.93. The highest BCUT2D eigenvalue weighted by Gasteiger charge is 2.29. The molecule has 29 heavy (non-hydrogen) atoms. The Hall–Kier alpha value is -3.74. The molecule has 2 heterocycles. The van der Waals surface area contributed by atoms with E-state index in [9.17, 15) is 18.8 Å². The van der Waals surface area contributed by atoms with Gasteiger partial charge in [-0.25, -0.2) is 4.39 Å². The lowest BCUT2D eigenvalue weighted by Crippen LogP contribution is -2.32. The molecule has 0 unspecified atom stereocenters. The lowest BCUT2D eigenvalue weighted by Gasteiger charge is -2.24. The van der Waals surface area contributed by atoms with Crippen LogP contribution in [0.25, 0.3) is 10.8 Å². The molecule has 4 rings (SSSR count). The van der Waals surface area contributed by atoms with Gasteiger partial charge in [-0.05, 0) is 35.9 Å². The summed E-state index contributed by atoms with van der Waals surface area (Å²) in [6.45, 7) is 0. The van der Waals surface area contributed by atoms with Gasteiger partial charge in [-0.15, -0.1) is 0 Å². The standard InChI is InChI=1S/C22H18FN3O3/c1-26-10-9-15-16(22(26)29)3-2-4-19(15)25-21(28)18-12-24-20(27)11-17(18)13-5-7-14(23)8-6-13/h2-10,12,17H,11H2,1H3,(H,24,27)(H,25,28)/t17-/m0/s1. The van der Waals surface area contributed by atoms with Crippen LogP contribution in [0.5, 0.6) is 0 Å². The van der Waals surface area contributed by atoms with Gasteiger partial charge in [0.2, 0.25) is 5.91 Å². The highest BCUT2D eigenvalue weighted by atomic mass is 19.1. The largest absolute Gasteiger partial charge is 0.332 e. The fourth-order valence-electron chi connectivity index (χ4n) is 3.51. The van der Waals surface area contributed by atoms with Crippen molar-refractivity contribution in [1.82, 2.24) is 9.88 Å². The van der Waals surface area contributed by atoms with Gasteiger partial charge in [-0.3, -0.25) is 14.4 Å². The minimum Gasteiger partial charge on any atom is -0.332 e. The molecule has 1 aliphatic heterocycles. The third-order valence-corrected chi connectivity index (χ3v) is 5.06. The Morgan fingerprint density at radius 1 is 1.10 bits per heavy atom. The third kappa shape index (κ3) is 3.54. The van der Waals surface area contributed by atoms with Crippen molar-refractivity contribution in [1.29, 1.82) is 0 Å². The normalized spacial score (nSPS) is 16.3. The number of amides is 2. The first-order valence-corrected chi connectivity index (χ1v) is 9.08. The molecule has 3 aromatic rings. The van der Waals surface area contributed by atoms with Crippen LogP contribution in [0.2, 0.25) is 0 Å². The van der Waals surface area contributed by atoms with Gasteiger partial charge >= 0.3 is 0 Å². The monoisotopic (exact) mass is 391 g/mol. The molecule has 2 aromatic carbocycles. The summed E-state index contributed by atoms with van der Waals surface area (Å²) in [4.78, 5) is 37.2. The van der Waals surface area contributed by atoms with E-state index >= 15 is 0 Å². The first-order valence-electron chi connectivity index (χ1n) is 9.08. The van der Waals surface area contributed by atoms with Crippen LogP contribution in [0.3, 0.4) is 0 Å². The van der Waals surface area contributed by atoms with Crippen molar-refractivity contribution in [3.8, 4) is 0 Å². The van der Waals surface area contributed by atoms with Crippen LogP contribution in [-0.2, 0) is 16.6 Å². The van der Waals surface area contributed by atoms with Crippen molar-refractivity contribution >= 4 is 28.3 Å². The number of aryl methyl sites for hydroxylation is 1. The fourth-order valence-corrected chi connectivity index (χ4v) is 3.51. The predicted octanol–water partition coefficient (Wildman–Crippen LogP) is 2.80. The summed E-state index contributed by atoms with van der Waals surface area (Å²) in [5.41, 5.74) is 1.37. The van der Waals surface area contributed by atoms with Crippen molar-refractivity contribution in [2.75, 3.05) is 5.32 Å². The third-order valence-electron chi connectivity index (χ3n) is 5.06. The van der Waals surface area contributed by atoms with Crippen LogP contribution >= 0.6 is 0 Å². The number of nitrogens with one attached hydrogen (secondary N) is 2. The van der Waals surface area contributed by atoms with Crippen molar-refractivity contribution < 1.29 is 14.0 Å². The van der Waals surface area contributed by atoms with Gasteiger partial charge in [-0.2, -0.15) is 0 Å². The number of carbonyl (C=O) groups is 2. The van der Waals surface area contributed by atoms with E-state index in [1.807, 2.05) is 0 Å². The van der Waals surface area contributed by atoms with E-state index in [-0.39, 0.29) is 23.7 Å². The maximum absolute atomic E-state index is 13.3. The van der Waals surface area contributed by atoms with Gasteiger partial charge in [0.15, 0.2) is 0 Å². The van der Waals surface area contributed by atoms with E-state index in [0.717, 1.165) is 0 Å². The van der Waals surface area contributed by atoms with Gasteiger partial charge in [0, 0.05) is 53.8 Å². The number of benzene rings is 2. The Balaban J connectivity index is 1.69. The predicted molar refractivity (Wildman–Crippen MR) is 108 cm³/mol. The van der Waals surface area contributed by atoms with E-state index in [0.29, 0.717) is 27.6 Å². The number of hydrogen-bond donors (Lipinski definition) is 2. The number of fused-ring (bicyclic) bond motifs is 1. The van der Waals surface area contributed by atoms with Crippen LogP contribution in [0.4, 0.5) is 10.1 Å². The lowest BCUT2D eigenvalue weighted by molar-refractivity contribution is -0.121. The number of rotatable bonds is 3. The van der Waals surface area contributed by atoms with E-state index in [1.54, 1.807) is 49.6 Å². The Morgan fingerprint density at radius 3 is 2.62 bits per heavy atom. The molecule has 6 nitrogen and oxygen atoms in total. The van der Waals surface area contributed by atoms with Gasteiger partial charge in [0.25, 0.3) is 11.5 Å². The molecule has 2 amide bonds. The summed E-state index contributed by atoms with van der Waals surface area (Å²) in [5.74, 6) is -1.49. The Morgan fingerprint density at radius 2 is 1.86 bits per heavy atom. The smallest absolute Gasteiger partial charge is 0.258 e. The molecule has 146 valence electrons. The lowest BCUT2D eigenvalue weighted by atomic mass is 9.86. The first kappa shape index (κ1) is 18.6. The molecule has 0 bridgehead atoms. The second-order valence-electron chi connectivity index (χ2n) is 6.93. The molecule has 2 N–H and O–H groups in total. The van der Waals surface area contributed by atoms with Crippen LogP contribution in [-0.4, -0.2) is 16.4 Å². The highest BCUT2D eigenvalue weighted by Crippen LogP contribution is 2.31. The van der Waals surface area contributed by atoms with Crippen molar-refractivity contribution in [3.63, 3.8) is 0 Å². The average molecular weight is 391 g/mol. The minimum absolute atomic E-state index is 0.0843. The molecular weight excluding hydrogens is 373 g/mol. The molecule has 1 aromatic heterocycles. The SMILES string of the molecule is Cn1ccc2c(NC(=O)C3=CNC(=O)C[C@H]3c3ccc(F)cc3)cccc2c1=O. The molecule has 1 aliphatic rings. The van der Waals surface area contributed by atoms with Crippen LogP contribution in [0, 0.1) is 5.82 Å². The van der Waals surface area contributed by atoms with E-state index in [2.05, 4.69) is 10.6 Å². The second kappa shape index (κ2) is 7.35. The van der Waals surface area contributed by atoms with Crippen LogP contribution in [0.1, 0.15) is 17.9 Å². The molecule has 1 atom stereocenters. The number of aromatic nitrogens is 1. The zero-order chi connectivity index (χ0) is 20.5. The number of anilines is 1. The average Bonchev–Trinajstić information content (AvgIpc) is 2.71. The molecule has 0 fully saturated rings. The molecule has 0 aliphatic carbocycles. The van der Waals surface area contributed by atoms with Crippen molar-refractivity contribution in [2.24, 2.45) is 7.05 Å². The molecule has 0 saturated carbocycles. The fraction of sp³-hybridized carbons (Fsp3) is 0.136. The Bertz CT molecular complexity index is 1210. The van der Waals surface area contributed by atoms with Crippen LogP contribution in [0.15, 0.2) is 71.3 Å². The van der Waals surface area contributed by atoms with E-state index < -0.39 is 11.8 Å². The topological polar surface area (TPSA) is 80.2 Å². The summed E-state index contributed by atoms with van der Waals surface area (Å²) in [6, 6.07) is 12.6. The van der Waals surface area contributed by atoms with Gasteiger partial charge in [-0.1, -0.05) is 18.2 Å². The molecule has 0 saturated heterocycles. The molecular formula is C22H18FN3O3. The maximum Gasteiger partial charge on any atom is 0.258 e. The highest BCUT2D eigenvalue weighted by molar-refractivity contribution is 6.10. The number of nitrogens with zero attached hydrogens (tertiary/aromatic N) is 1. The van der Waals surface area contributed by atoms with Crippen molar-refractivity contribution in [3.05, 3.63) is 88.2 Å². The minimum atomic E-state index is -0.493. The van der Waals surface area contributed by atoms with Gasteiger partial charge in [0.1, 0.15) is 5.82 Å². The van der Waals surface area contributed by atoms with Crippen LogP contribution < -0.4 is 16.2 Å². The maximum atomic E-state index is 13.3. The molecule has 0 radical (unpaired) electrons. The quantitative estimate of drug-likeness (QED) is 0.721. The van der Waals surface area contributed by atoms with E-state index in [1.165, 1.54) is 22.9 Å². The Labute approximate surface area is 165 Å². The number of carbonyl (C=O) groups excluding carboxylic acids is 2. The zero-order valence-corrected chi connectivity index (χ0v) is 15.6.